The maximum Gasteiger partial charge on any atom is 0.224 e. The SMILES string of the molecule is CCCCC(=O)Nc1ccc(Br)cc1F. The van der Waals surface area contributed by atoms with E-state index in [2.05, 4.69) is 21.2 Å². The van der Waals surface area contributed by atoms with Gasteiger partial charge < -0.3 is 5.32 Å². The largest absolute Gasteiger partial charge is 0.324 e. The van der Waals surface area contributed by atoms with E-state index in [0.29, 0.717) is 10.9 Å². The second-order valence-electron chi connectivity index (χ2n) is 3.28. The Morgan fingerprint density at radius 1 is 1.53 bits per heavy atom. The number of halogens is 2. The first-order valence-electron chi connectivity index (χ1n) is 4.88. The summed E-state index contributed by atoms with van der Waals surface area (Å²) in [6, 6.07) is 4.57. The summed E-state index contributed by atoms with van der Waals surface area (Å²) in [4.78, 5) is 11.3. The Kier molecular flexibility index (Phi) is 4.75. The molecule has 0 bridgehead atoms. The third-order valence-electron chi connectivity index (χ3n) is 1.96. The Bertz CT molecular complexity index is 354. The molecule has 0 spiro atoms. The number of carbonyl (C=O) groups is 1. The first-order chi connectivity index (χ1) is 7.13. The van der Waals surface area contributed by atoms with Gasteiger partial charge in [-0.2, -0.15) is 0 Å². The Morgan fingerprint density at radius 3 is 2.87 bits per heavy atom. The zero-order valence-corrected chi connectivity index (χ0v) is 10.1. The van der Waals surface area contributed by atoms with E-state index < -0.39 is 5.82 Å². The number of nitrogens with one attached hydrogen (secondary N) is 1. The normalized spacial score (nSPS) is 10.1. The molecule has 15 heavy (non-hydrogen) atoms. The predicted molar refractivity (Wildman–Crippen MR) is 62.3 cm³/mol. The molecule has 0 unspecified atom stereocenters. The predicted octanol–water partition coefficient (Wildman–Crippen LogP) is 3.72. The summed E-state index contributed by atoms with van der Waals surface area (Å²) < 4.78 is 13.9. The van der Waals surface area contributed by atoms with Crippen LogP contribution in [0.15, 0.2) is 22.7 Å². The molecule has 0 fully saturated rings. The average molecular weight is 274 g/mol. The summed E-state index contributed by atoms with van der Waals surface area (Å²) in [6.45, 7) is 2.01. The van der Waals surface area contributed by atoms with Crippen molar-refractivity contribution < 1.29 is 9.18 Å². The lowest BCUT2D eigenvalue weighted by atomic mass is 10.2. The third kappa shape index (κ3) is 4.00. The lowest BCUT2D eigenvalue weighted by Crippen LogP contribution is -2.12. The molecule has 1 rings (SSSR count). The molecule has 2 nitrogen and oxygen atoms in total. The Balaban J connectivity index is 2.60. The van der Waals surface area contributed by atoms with Gasteiger partial charge in [-0.3, -0.25) is 4.79 Å². The molecule has 0 aliphatic rings. The number of benzene rings is 1. The number of anilines is 1. The fourth-order valence-electron chi connectivity index (χ4n) is 1.14. The summed E-state index contributed by atoms with van der Waals surface area (Å²) >= 11 is 3.15. The molecule has 4 heteroatoms. The summed E-state index contributed by atoms with van der Waals surface area (Å²) in [6.07, 6.45) is 2.21. The van der Waals surface area contributed by atoms with Crippen LogP contribution >= 0.6 is 15.9 Å². The summed E-state index contributed by atoms with van der Waals surface area (Å²) in [5.41, 5.74) is 0.235. The van der Waals surface area contributed by atoms with Gasteiger partial charge in [0.05, 0.1) is 5.69 Å². The number of rotatable bonds is 4. The van der Waals surface area contributed by atoms with Crippen molar-refractivity contribution in [2.45, 2.75) is 26.2 Å². The van der Waals surface area contributed by atoms with Crippen LogP contribution in [0.25, 0.3) is 0 Å². The zero-order chi connectivity index (χ0) is 11.3. The molecule has 0 saturated heterocycles. The lowest BCUT2D eigenvalue weighted by Gasteiger charge is -2.05. The van der Waals surface area contributed by atoms with E-state index in [0.717, 1.165) is 12.8 Å². The smallest absolute Gasteiger partial charge is 0.224 e. The monoisotopic (exact) mass is 273 g/mol. The molecule has 0 atom stereocenters. The Hall–Kier alpha value is -0.900. The highest BCUT2D eigenvalue weighted by molar-refractivity contribution is 9.10. The highest BCUT2D eigenvalue weighted by atomic mass is 79.9. The molecule has 82 valence electrons. The van der Waals surface area contributed by atoms with Gasteiger partial charge in [0.2, 0.25) is 5.91 Å². The molecule has 1 aromatic rings. The Morgan fingerprint density at radius 2 is 2.27 bits per heavy atom. The zero-order valence-electron chi connectivity index (χ0n) is 8.52. The van der Waals surface area contributed by atoms with E-state index in [1.54, 1.807) is 12.1 Å². The van der Waals surface area contributed by atoms with Crippen LogP contribution in [-0.2, 0) is 4.79 Å². The van der Waals surface area contributed by atoms with E-state index in [1.807, 2.05) is 6.92 Å². The molecular weight excluding hydrogens is 261 g/mol. The quantitative estimate of drug-likeness (QED) is 0.890. The molecule has 0 heterocycles. The van der Waals surface area contributed by atoms with Gasteiger partial charge in [0.25, 0.3) is 0 Å². The van der Waals surface area contributed by atoms with E-state index >= 15 is 0 Å². The van der Waals surface area contributed by atoms with E-state index in [-0.39, 0.29) is 11.6 Å². The highest BCUT2D eigenvalue weighted by Gasteiger charge is 2.06. The van der Waals surface area contributed by atoms with E-state index in [4.69, 9.17) is 0 Å². The first-order valence-corrected chi connectivity index (χ1v) is 5.67. The van der Waals surface area contributed by atoms with Gasteiger partial charge in [-0.1, -0.05) is 29.3 Å². The lowest BCUT2D eigenvalue weighted by molar-refractivity contribution is -0.116. The van der Waals surface area contributed by atoms with Gasteiger partial charge in [0, 0.05) is 10.9 Å². The minimum Gasteiger partial charge on any atom is -0.324 e. The summed E-state index contributed by atoms with van der Waals surface area (Å²) in [5, 5.41) is 2.54. The van der Waals surface area contributed by atoms with Gasteiger partial charge in [0.1, 0.15) is 5.82 Å². The van der Waals surface area contributed by atoms with Crippen LogP contribution < -0.4 is 5.32 Å². The fourth-order valence-corrected chi connectivity index (χ4v) is 1.47. The minimum absolute atomic E-state index is 0.141. The molecule has 1 amide bonds. The van der Waals surface area contributed by atoms with Gasteiger partial charge in [0.15, 0.2) is 0 Å². The fraction of sp³-hybridized carbons (Fsp3) is 0.364. The van der Waals surface area contributed by atoms with Crippen LogP contribution in [0.2, 0.25) is 0 Å². The van der Waals surface area contributed by atoms with Crippen LogP contribution in [-0.4, -0.2) is 5.91 Å². The van der Waals surface area contributed by atoms with Crippen LogP contribution in [0.3, 0.4) is 0 Å². The van der Waals surface area contributed by atoms with Crippen molar-refractivity contribution in [1.82, 2.24) is 0 Å². The first kappa shape index (κ1) is 12.2. The maximum atomic E-state index is 13.3. The molecule has 0 saturated carbocycles. The molecule has 0 aromatic heterocycles. The number of amides is 1. The number of hydrogen-bond acceptors (Lipinski definition) is 1. The molecule has 0 aliphatic carbocycles. The molecule has 0 radical (unpaired) electrons. The van der Waals surface area contributed by atoms with Crippen molar-refractivity contribution in [3.05, 3.63) is 28.5 Å². The van der Waals surface area contributed by atoms with Crippen molar-refractivity contribution in [3.8, 4) is 0 Å². The number of unbranched alkanes of at least 4 members (excludes halogenated alkanes) is 1. The van der Waals surface area contributed by atoms with Crippen molar-refractivity contribution in [2.75, 3.05) is 5.32 Å². The maximum absolute atomic E-state index is 13.3. The molecule has 1 N–H and O–H groups in total. The van der Waals surface area contributed by atoms with E-state index in [9.17, 15) is 9.18 Å². The van der Waals surface area contributed by atoms with Gasteiger partial charge in [-0.25, -0.2) is 4.39 Å². The van der Waals surface area contributed by atoms with Crippen LogP contribution in [0.5, 0.6) is 0 Å². The van der Waals surface area contributed by atoms with Crippen LogP contribution in [0.4, 0.5) is 10.1 Å². The van der Waals surface area contributed by atoms with Crippen LogP contribution in [0.1, 0.15) is 26.2 Å². The van der Waals surface area contributed by atoms with Crippen molar-refractivity contribution in [2.24, 2.45) is 0 Å². The van der Waals surface area contributed by atoms with E-state index in [1.165, 1.54) is 6.07 Å². The highest BCUT2D eigenvalue weighted by Crippen LogP contribution is 2.19. The minimum atomic E-state index is -0.422. The van der Waals surface area contributed by atoms with Crippen molar-refractivity contribution in [1.29, 1.82) is 0 Å². The topological polar surface area (TPSA) is 29.1 Å². The summed E-state index contributed by atoms with van der Waals surface area (Å²) in [5.74, 6) is -0.563. The standard InChI is InChI=1S/C11H13BrFNO/c1-2-3-4-11(15)14-10-6-5-8(12)7-9(10)13/h5-7H,2-4H2,1H3,(H,14,15). The van der Waals surface area contributed by atoms with Crippen molar-refractivity contribution in [3.63, 3.8) is 0 Å². The Labute approximate surface area is 97.0 Å². The third-order valence-corrected chi connectivity index (χ3v) is 2.46. The second-order valence-corrected chi connectivity index (χ2v) is 4.19. The molecule has 1 aromatic carbocycles. The number of carbonyl (C=O) groups excluding carboxylic acids is 1. The molecular formula is C11H13BrFNO. The number of hydrogen-bond donors (Lipinski definition) is 1. The van der Waals surface area contributed by atoms with Gasteiger partial charge in [-0.05, 0) is 24.6 Å². The summed E-state index contributed by atoms with van der Waals surface area (Å²) in [7, 11) is 0. The second kappa shape index (κ2) is 5.85. The average Bonchev–Trinajstić information content (AvgIpc) is 2.19. The van der Waals surface area contributed by atoms with Gasteiger partial charge in [-0.15, -0.1) is 0 Å². The van der Waals surface area contributed by atoms with Crippen LogP contribution in [0, 0.1) is 5.82 Å². The van der Waals surface area contributed by atoms with Crippen molar-refractivity contribution >= 4 is 27.5 Å². The van der Waals surface area contributed by atoms with Gasteiger partial charge >= 0.3 is 0 Å². The molecule has 0 aliphatic heterocycles.